The van der Waals surface area contributed by atoms with Crippen molar-refractivity contribution in [2.75, 3.05) is 0 Å². The summed E-state index contributed by atoms with van der Waals surface area (Å²) in [4.78, 5) is 15.2. The second-order valence-corrected chi connectivity index (χ2v) is 7.64. The van der Waals surface area contributed by atoms with Crippen LogP contribution in [-0.2, 0) is 24.2 Å². The number of amides is 1. The zero-order valence-electron chi connectivity index (χ0n) is 14.2. The number of fused-ring (bicyclic) bond motifs is 3. The van der Waals surface area contributed by atoms with Crippen molar-refractivity contribution in [3.8, 4) is 0 Å². The number of carbonyl (C=O) groups excluding carboxylic acids is 1. The lowest BCUT2D eigenvalue weighted by Crippen LogP contribution is -2.42. The Bertz CT molecular complexity index is 576. The number of rotatable bonds is 4. The molecule has 1 aromatic heterocycles. The van der Waals surface area contributed by atoms with Crippen LogP contribution in [0.4, 0.5) is 0 Å². The molecule has 4 rings (SSSR count). The second-order valence-electron chi connectivity index (χ2n) is 7.64. The lowest BCUT2D eigenvalue weighted by Gasteiger charge is -2.29. The minimum atomic E-state index is 0.355. The molecule has 1 amide bonds. The van der Waals surface area contributed by atoms with Gasteiger partial charge in [0.05, 0.1) is 6.04 Å². The van der Waals surface area contributed by atoms with Gasteiger partial charge in [0.15, 0.2) is 0 Å². The van der Waals surface area contributed by atoms with Gasteiger partial charge in [-0.15, -0.1) is 10.2 Å². The molecule has 126 valence electrons. The lowest BCUT2D eigenvalue weighted by atomic mass is 10.0. The Labute approximate surface area is 138 Å². The molecular formula is C18H28N4O. The normalized spacial score (nSPS) is 27.3. The average molecular weight is 316 g/mol. The van der Waals surface area contributed by atoms with Crippen molar-refractivity contribution < 1.29 is 4.79 Å². The summed E-state index contributed by atoms with van der Waals surface area (Å²) in [5.74, 6) is 3.25. The van der Waals surface area contributed by atoms with Crippen molar-refractivity contribution in [3.05, 3.63) is 11.6 Å². The molecule has 0 spiro atoms. The van der Waals surface area contributed by atoms with Crippen molar-refractivity contribution >= 4 is 5.91 Å². The number of hydrogen-bond acceptors (Lipinski definition) is 3. The largest absolute Gasteiger partial charge is 0.334 e. The van der Waals surface area contributed by atoms with E-state index in [1.165, 1.54) is 25.7 Å². The summed E-state index contributed by atoms with van der Waals surface area (Å²) in [7, 11) is 0. The van der Waals surface area contributed by atoms with Crippen molar-refractivity contribution in [1.29, 1.82) is 0 Å². The minimum Gasteiger partial charge on any atom is -0.334 e. The molecule has 3 aliphatic rings. The first kappa shape index (κ1) is 15.2. The van der Waals surface area contributed by atoms with E-state index in [9.17, 15) is 4.79 Å². The summed E-state index contributed by atoms with van der Waals surface area (Å²) in [6, 6.07) is 0.718. The summed E-state index contributed by atoms with van der Waals surface area (Å²) in [6.45, 7) is 3.09. The molecule has 2 bridgehead atoms. The van der Waals surface area contributed by atoms with Gasteiger partial charge in [-0.2, -0.15) is 0 Å². The molecule has 0 N–H and O–H groups in total. The molecule has 1 aliphatic carbocycles. The van der Waals surface area contributed by atoms with Gasteiger partial charge in [0.25, 0.3) is 0 Å². The Balaban J connectivity index is 1.52. The second kappa shape index (κ2) is 6.25. The van der Waals surface area contributed by atoms with Gasteiger partial charge in [-0.25, -0.2) is 0 Å². The maximum atomic E-state index is 12.9. The van der Waals surface area contributed by atoms with Crippen LogP contribution in [0.15, 0.2) is 0 Å². The highest BCUT2D eigenvalue weighted by Gasteiger charge is 2.41. The quantitative estimate of drug-likeness (QED) is 0.858. The van der Waals surface area contributed by atoms with Gasteiger partial charge in [-0.1, -0.05) is 19.8 Å². The SMILES string of the molecule is CCCc1nnc2n1CC1CCC(C2)N1C(=O)CC1CCCC1. The van der Waals surface area contributed by atoms with E-state index in [0.29, 0.717) is 23.9 Å². The fraction of sp³-hybridized carbons (Fsp3) is 0.833. The summed E-state index contributed by atoms with van der Waals surface area (Å²) in [6.07, 6.45) is 11.2. The molecule has 23 heavy (non-hydrogen) atoms. The Morgan fingerprint density at radius 1 is 1.13 bits per heavy atom. The van der Waals surface area contributed by atoms with Crippen LogP contribution in [0.5, 0.6) is 0 Å². The first-order valence-corrected chi connectivity index (χ1v) is 9.48. The Morgan fingerprint density at radius 3 is 2.70 bits per heavy atom. The minimum absolute atomic E-state index is 0.355. The van der Waals surface area contributed by atoms with Crippen molar-refractivity contribution in [3.63, 3.8) is 0 Å². The van der Waals surface area contributed by atoms with Gasteiger partial charge in [0.1, 0.15) is 11.6 Å². The zero-order chi connectivity index (χ0) is 15.8. The van der Waals surface area contributed by atoms with E-state index >= 15 is 0 Å². The van der Waals surface area contributed by atoms with Crippen LogP contribution < -0.4 is 0 Å². The third kappa shape index (κ3) is 2.79. The van der Waals surface area contributed by atoms with Gasteiger partial charge in [-0.05, 0) is 38.0 Å². The number of carbonyl (C=O) groups is 1. The molecule has 2 atom stereocenters. The number of aryl methyl sites for hydroxylation is 1. The third-order valence-electron chi connectivity index (χ3n) is 6.04. The first-order chi connectivity index (χ1) is 11.3. The van der Waals surface area contributed by atoms with E-state index < -0.39 is 0 Å². The molecule has 2 aliphatic heterocycles. The van der Waals surface area contributed by atoms with Crippen LogP contribution in [0.2, 0.25) is 0 Å². The highest BCUT2D eigenvalue weighted by molar-refractivity contribution is 5.77. The van der Waals surface area contributed by atoms with E-state index in [2.05, 4.69) is 26.6 Å². The first-order valence-electron chi connectivity index (χ1n) is 9.48. The molecule has 0 radical (unpaired) electrons. The summed E-state index contributed by atoms with van der Waals surface area (Å²) >= 11 is 0. The van der Waals surface area contributed by atoms with Crippen LogP contribution in [0.1, 0.15) is 69.9 Å². The van der Waals surface area contributed by atoms with Crippen LogP contribution in [0.3, 0.4) is 0 Å². The van der Waals surface area contributed by atoms with Gasteiger partial charge >= 0.3 is 0 Å². The van der Waals surface area contributed by atoms with Crippen LogP contribution in [-0.4, -0.2) is 37.7 Å². The van der Waals surface area contributed by atoms with E-state index in [4.69, 9.17) is 0 Å². The predicted octanol–water partition coefficient (Wildman–Crippen LogP) is 2.73. The van der Waals surface area contributed by atoms with Crippen molar-refractivity contribution in [1.82, 2.24) is 19.7 Å². The smallest absolute Gasteiger partial charge is 0.223 e. The van der Waals surface area contributed by atoms with E-state index in [1.807, 2.05) is 0 Å². The number of aromatic nitrogens is 3. The molecule has 5 nitrogen and oxygen atoms in total. The molecule has 3 heterocycles. The maximum absolute atomic E-state index is 12.9. The molecule has 0 aromatic carbocycles. The monoisotopic (exact) mass is 316 g/mol. The maximum Gasteiger partial charge on any atom is 0.223 e. The van der Waals surface area contributed by atoms with E-state index in [1.54, 1.807) is 0 Å². The highest BCUT2D eigenvalue weighted by Crippen LogP contribution is 2.34. The molecule has 1 aromatic rings. The molecule has 5 heteroatoms. The average Bonchev–Trinajstić information content (AvgIpc) is 3.21. The molecular weight excluding hydrogens is 288 g/mol. The fourth-order valence-corrected chi connectivity index (χ4v) is 4.88. The molecule has 2 fully saturated rings. The highest BCUT2D eigenvalue weighted by atomic mass is 16.2. The van der Waals surface area contributed by atoms with Gasteiger partial charge in [0.2, 0.25) is 5.91 Å². The molecule has 1 saturated heterocycles. The number of nitrogens with zero attached hydrogens (tertiary/aromatic N) is 4. The van der Waals surface area contributed by atoms with Crippen molar-refractivity contribution in [2.24, 2.45) is 5.92 Å². The van der Waals surface area contributed by atoms with Crippen LogP contribution in [0.25, 0.3) is 0 Å². The Hall–Kier alpha value is -1.39. The van der Waals surface area contributed by atoms with Crippen molar-refractivity contribution in [2.45, 2.75) is 89.8 Å². The molecule has 2 unspecified atom stereocenters. The third-order valence-corrected chi connectivity index (χ3v) is 6.04. The Kier molecular flexibility index (Phi) is 4.12. The van der Waals surface area contributed by atoms with Crippen LogP contribution >= 0.6 is 0 Å². The fourth-order valence-electron chi connectivity index (χ4n) is 4.88. The van der Waals surface area contributed by atoms with Gasteiger partial charge in [-0.3, -0.25) is 4.79 Å². The number of hydrogen-bond donors (Lipinski definition) is 0. The molecule has 1 saturated carbocycles. The van der Waals surface area contributed by atoms with Gasteiger partial charge < -0.3 is 9.47 Å². The Morgan fingerprint density at radius 2 is 1.91 bits per heavy atom. The summed E-state index contributed by atoms with van der Waals surface area (Å²) < 4.78 is 2.31. The lowest BCUT2D eigenvalue weighted by molar-refractivity contribution is -0.135. The zero-order valence-corrected chi connectivity index (χ0v) is 14.2. The predicted molar refractivity (Wildman–Crippen MR) is 88.0 cm³/mol. The van der Waals surface area contributed by atoms with E-state index in [-0.39, 0.29) is 0 Å². The summed E-state index contributed by atoms with van der Waals surface area (Å²) in [5, 5.41) is 8.81. The van der Waals surface area contributed by atoms with Crippen LogP contribution in [0, 0.1) is 5.92 Å². The van der Waals surface area contributed by atoms with Gasteiger partial charge in [0, 0.05) is 31.8 Å². The van der Waals surface area contributed by atoms with E-state index in [0.717, 1.165) is 56.7 Å². The summed E-state index contributed by atoms with van der Waals surface area (Å²) in [5.41, 5.74) is 0. The topological polar surface area (TPSA) is 51.0 Å². The standard InChI is InChI=1S/C18H28N4O/c1-2-5-16-19-20-17-11-14-8-9-15(12-21(16)17)22(14)18(23)10-13-6-3-4-7-13/h13-15H,2-12H2,1H3.